The second kappa shape index (κ2) is 3.42. The second-order valence-electron chi connectivity index (χ2n) is 2.82. The maximum atomic E-state index is 10.8. The number of halogens is 1. The van der Waals surface area contributed by atoms with Crippen molar-refractivity contribution in [2.45, 2.75) is 5.33 Å². The van der Waals surface area contributed by atoms with Crippen molar-refractivity contribution in [1.82, 2.24) is 9.55 Å². The fourth-order valence-electron chi connectivity index (χ4n) is 1.36. The average molecular weight is 255 g/mol. The largest absolute Gasteiger partial charge is 0.464 e. The smallest absolute Gasteiger partial charge is 0.417 e. The molecule has 2 aromatic rings. The van der Waals surface area contributed by atoms with Gasteiger partial charge in [0.2, 0.25) is 0 Å². The quantitative estimate of drug-likeness (QED) is 0.796. The first-order chi connectivity index (χ1) is 6.74. The first-order valence-corrected chi connectivity index (χ1v) is 5.10. The van der Waals surface area contributed by atoms with Crippen molar-refractivity contribution in [3.05, 3.63) is 30.1 Å². The van der Waals surface area contributed by atoms with Gasteiger partial charge in [-0.25, -0.2) is 14.3 Å². The molecule has 4 nitrogen and oxygen atoms in total. The van der Waals surface area contributed by atoms with E-state index in [1.54, 1.807) is 6.07 Å². The molecule has 0 saturated heterocycles. The first kappa shape index (κ1) is 9.21. The molecule has 5 heteroatoms. The van der Waals surface area contributed by atoms with Crippen molar-refractivity contribution in [1.29, 1.82) is 0 Å². The van der Waals surface area contributed by atoms with E-state index in [-0.39, 0.29) is 0 Å². The van der Waals surface area contributed by atoms with E-state index in [9.17, 15) is 4.79 Å². The molecule has 1 heterocycles. The molecule has 0 radical (unpaired) electrons. The van der Waals surface area contributed by atoms with Crippen LogP contribution in [-0.2, 0) is 5.33 Å². The highest BCUT2D eigenvalue weighted by atomic mass is 79.9. The fourth-order valence-corrected chi connectivity index (χ4v) is 1.81. The Balaban J connectivity index is 2.75. The third-order valence-electron chi connectivity index (χ3n) is 2.01. The number of rotatable bonds is 1. The van der Waals surface area contributed by atoms with Crippen LogP contribution in [0.15, 0.2) is 24.5 Å². The van der Waals surface area contributed by atoms with Crippen molar-refractivity contribution < 1.29 is 9.90 Å². The number of imidazole rings is 1. The molecule has 0 atom stereocenters. The fraction of sp³-hybridized carbons (Fsp3) is 0.111. The highest BCUT2D eigenvalue weighted by molar-refractivity contribution is 9.08. The molecule has 0 amide bonds. The Kier molecular flexibility index (Phi) is 2.25. The Morgan fingerprint density at radius 3 is 3.00 bits per heavy atom. The van der Waals surface area contributed by atoms with Gasteiger partial charge in [-0.15, -0.1) is 0 Å². The van der Waals surface area contributed by atoms with Crippen LogP contribution in [0.3, 0.4) is 0 Å². The van der Waals surface area contributed by atoms with E-state index in [1.165, 1.54) is 6.33 Å². The van der Waals surface area contributed by atoms with Gasteiger partial charge in [0.25, 0.3) is 0 Å². The zero-order chi connectivity index (χ0) is 10.1. The lowest BCUT2D eigenvalue weighted by Crippen LogP contribution is -2.05. The second-order valence-corrected chi connectivity index (χ2v) is 3.38. The minimum absolute atomic E-state index is 0.620. The summed E-state index contributed by atoms with van der Waals surface area (Å²) in [5.41, 5.74) is 2.34. The summed E-state index contributed by atoms with van der Waals surface area (Å²) >= 11 is 3.33. The van der Waals surface area contributed by atoms with E-state index in [1.807, 2.05) is 12.1 Å². The topological polar surface area (TPSA) is 55.1 Å². The van der Waals surface area contributed by atoms with Crippen LogP contribution in [0.2, 0.25) is 0 Å². The molecule has 0 spiro atoms. The van der Waals surface area contributed by atoms with Crippen molar-refractivity contribution in [2.75, 3.05) is 0 Å². The standard InChI is InChI=1S/C9H7BrN2O2/c10-4-6-2-1-3-7-8(6)11-5-12(7)9(13)14/h1-3,5H,4H2,(H,13,14). The molecule has 14 heavy (non-hydrogen) atoms. The summed E-state index contributed by atoms with van der Waals surface area (Å²) in [6, 6.07) is 5.47. The Morgan fingerprint density at radius 1 is 1.57 bits per heavy atom. The summed E-state index contributed by atoms with van der Waals surface area (Å²) in [6.45, 7) is 0. The monoisotopic (exact) mass is 254 g/mol. The average Bonchev–Trinajstić information content (AvgIpc) is 2.60. The molecule has 0 aliphatic rings. The Bertz CT molecular complexity index is 493. The van der Waals surface area contributed by atoms with Gasteiger partial charge in [0, 0.05) is 5.33 Å². The number of aromatic nitrogens is 2. The van der Waals surface area contributed by atoms with Crippen LogP contribution in [-0.4, -0.2) is 20.8 Å². The molecule has 1 N–H and O–H groups in total. The third kappa shape index (κ3) is 1.29. The van der Waals surface area contributed by atoms with Crippen molar-refractivity contribution >= 4 is 33.1 Å². The molecule has 0 unspecified atom stereocenters. The summed E-state index contributed by atoms with van der Waals surface area (Å²) in [5, 5.41) is 9.51. The van der Waals surface area contributed by atoms with Crippen LogP contribution >= 0.6 is 15.9 Å². The van der Waals surface area contributed by atoms with Crippen molar-refractivity contribution in [3.8, 4) is 0 Å². The molecular weight excluding hydrogens is 248 g/mol. The van der Waals surface area contributed by atoms with Crippen LogP contribution in [0.4, 0.5) is 4.79 Å². The molecule has 0 bridgehead atoms. The van der Waals surface area contributed by atoms with Gasteiger partial charge >= 0.3 is 6.09 Å². The van der Waals surface area contributed by atoms with E-state index in [2.05, 4.69) is 20.9 Å². The Morgan fingerprint density at radius 2 is 2.36 bits per heavy atom. The van der Waals surface area contributed by atoms with Gasteiger partial charge in [-0.05, 0) is 11.6 Å². The molecule has 72 valence electrons. The predicted molar refractivity (Wildman–Crippen MR) is 55.8 cm³/mol. The zero-order valence-corrected chi connectivity index (χ0v) is 8.73. The number of carbonyl (C=O) groups is 1. The highest BCUT2D eigenvalue weighted by Crippen LogP contribution is 2.19. The van der Waals surface area contributed by atoms with E-state index < -0.39 is 6.09 Å². The summed E-state index contributed by atoms with van der Waals surface area (Å²) < 4.78 is 1.11. The van der Waals surface area contributed by atoms with Crippen LogP contribution in [0, 0.1) is 0 Å². The highest BCUT2D eigenvalue weighted by Gasteiger charge is 2.09. The van der Waals surface area contributed by atoms with Gasteiger partial charge in [-0.3, -0.25) is 0 Å². The maximum absolute atomic E-state index is 10.8. The van der Waals surface area contributed by atoms with Crippen LogP contribution < -0.4 is 0 Å². The Labute approximate surface area is 88.3 Å². The van der Waals surface area contributed by atoms with E-state index in [0.29, 0.717) is 10.8 Å². The first-order valence-electron chi connectivity index (χ1n) is 3.98. The van der Waals surface area contributed by atoms with E-state index in [4.69, 9.17) is 5.11 Å². The normalized spacial score (nSPS) is 10.6. The molecule has 1 aromatic heterocycles. The number of carboxylic acid groups (broad SMARTS) is 1. The predicted octanol–water partition coefficient (Wildman–Crippen LogP) is 2.46. The van der Waals surface area contributed by atoms with Crippen LogP contribution in [0.5, 0.6) is 0 Å². The molecular formula is C9H7BrN2O2. The van der Waals surface area contributed by atoms with Gasteiger partial charge in [0.05, 0.1) is 11.0 Å². The summed E-state index contributed by atoms with van der Waals surface area (Å²) in [4.78, 5) is 14.8. The van der Waals surface area contributed by atoms with Gasteiger partial charge < -0.3 is 5.11 Å². The maximum Gasteiger partial charge on any atom is 0.417 e. The number of hydrogen-bond donors (Lipinski definition) is 1. The molecule has 0 saturated carbocycles. The lowest BCUT2D eigenvalue weighted by Gasteiger charge is -1.98. The number of nitrogens with zero attached hydrogens (tertiary/aromatic N) is 2. The number of para-hydroxylation sites is 1. The van der Waals surface area contributed by atoms with Crippen molar-refractivity contribution in [2.24, 2.45) is 0 Å². The Hall–Kier alpha value is -1.36. The molecule has 0 fully saturated rings. The molecule has 0 aliphatic carbocycles. The number of alkyl halides is 1. The lowest BCUT2D eigenvalue weighted by atomic mass is 10.2. The number of fused-ring (bicyclic) bond motifs is 1. The SMILES string of the molecule is O=C(O)n1cnc2c(CBr)cccc21. The minimum atomic E-state index is -1.01. The van der Waals surface area contributed by atoms with E-state index >= 15 is 0 Å². The van der Waals surface area contributed by atoms with Gasteiger partial charge in [0.1, 0.15) is 6.33 Å². The van der Waals surface area contributed by atoms with Crippen LogP contribution in [0.1, 0.15) is 5.56 Å². The lowest BCUT2D eigenvalue weighted by molar-refractivity contribution is 0.197. The summed E-state index contributed by atoms with van der Waals surface area (Å²) in [5.74, 6) is 0. The third-order valence-corrected chi connectivity index (χ3v) is 2.61. The molecule has 1 aromatic carbocycles. The number of benzene rings is 1. The number of hydrogen-bond acceptors (Lipinski definition) is 2. The van der Waals surface area contributed by atoms with Gasteiger partial charge in [-0.2, -0.15) is 0 Å². The minimum Gasteiger partial charge on any atom is -0.464 e. The van der Waals surface area contributed by atoms with Gasteiger partial charge in [-0.1, -0.05) is 28.1 Å². The summed E-state index contributed by atoms with van der Waals surface area (Å²) in [6.07, 6.45) is 0.304. The van der Waals surface area contributed by atoms with Gasteiger partial charge in [0.15, 0.2) is 0 Å². The van der Waals surface area contributed by atoms with E-state index in [0.717, 1.165) is 15.6 Å². The van der Waals surface area contributed by atoms with Crippen LogP contribution in [0.25, 0.3) is 11.0 Å². The van der Waals surface area contributed by atoms with Crippen molar-refractivity contribution in [3.63, 3.8) is 0 Å². The zero-order valence-electron chi connectivity index (χ0n) is 7.14. The molecule has 0 aliphatic heterocycles. The summed E-state index contributed by atoms with van der Waals surface area (Å²) in [7, 11) is 0. The molecule has 2 rings (SSSR count).